The quantitative estimate of drug-likeness (QED) is 0.917. The molecule has 0 heterocycles. The highest BCUT2D eigenvalue weighted by atomic mass is 19.1. The van der Waals surface area contributed by atoms with E-state index >= 15 is 0 Å². The molecule has 0 aliphatic carbocycles. The fourth-order valence-electron chi connectivity index (χ4n) is 2.41. The van der Waals surface area contributed by atoms with Crippen molar-refractivity contribution in [3.8, 4) is 5.75 Å². The molecule has 2 aromatic carbocycles. The molecule has 0 aromatic heterocycles. The first-order chi connectivity index (χ1) is 9.99. The van der Waals surface area contributed by atoms with E-state index in [-0.39, 0.29) is 6.42 Å². The molecule has 0 spiro atoms. The van der Waals surface area contributed by atoms with Crippen molar-refractivity contribution in [2.24, 2.45) is 0 Å². The molecule has 4 heteroatoms. The van der Waals surface area contributed by atoms with Gasteiger partial charge < -0.3 is 9.84 Å². The lowest BCUT2D eigenvalue weighted by Gasteiger charge is -2.27. The molecule has 0 fully saturated rings. The minimum Gasteiger partial charge on any atom is -0.496 e. The topological polar surface area (TPSA) is 46.5 Å². The van der Waals surface area contributed by atoms with Crippen molar-refractivity contribution >= 4 is 5.97 Å². The lowest BCUT2D eigenvalue weighted by molar-refractivity contribution is -0.143. The van der Waals surface area contributed by atoms with Crippen LogP contribution in [0.15, 0.2) is 48.5 Å². The Morgan fingerprint density at radius 1 is 1.19 bits per heavy atom. The predicted octanol–water partition coefficient (Wildman–Crippen LogP) is 3.42. The van der Waals surface area contributed by atoms with Crippen LogP contribution in [0.4, 0.5) is 4.39 Å². The fourth-order valence-corrected chi connectivity index (χ4v) is 2.41. The number of carbonyl (C=O) groups is 1. The number of hydrogen-bond donors (Lipinski definition) is 1. The number of ether oxygens (including phenoxy) is 1. The summed E-state index contributed by atoms with van der Waals surface area (Å²) in [4.78, 5) is 11.8. The summed E-state index contributed by atoms with van der Waals surface area (Å²) >= 11 is 0. The number of methoxy groups -OCH3 is 1. The van der Waals surface area contributed by atoms with Crippen LogP contribution in [0, 0.1) is 5.82 Å². The number of carboxylic acid groups (broad SMARTS) is 1. The van der Waals surface area contributed by atoms with Gasteiger partial charge in [0.15, 0.2) is 0 Å². The Bertz CT molecular complexity index is 654. The van der Waals surface area contributed by atoms with Crippen molar-refractivity contribution in [3.05, 3.63) is 65.5 Å². The maximum atomic E-state index is 13.9. The normalized spacial score (nSPS) is 13.5. The minimum absolute atomic E-state index is 0.0510. The minimum atomic E-state index is -1.27. The van der Waals surface area contributed by atoms with Crippen LogP contribution in [0.2, 0.25) is 0 Å². The summed E-state index contributed by atoms with van der Waals surface area (Å²) in [5, 5.41) is 9.68. The SMILES string of the molecule is COc1ccccc1C(C)(Cc1ccccc1F)C(=O)O. The highest BCUT2D eigenvalue weighted by Gasteiger charge is 2.38. The Labute approximate surface area is 123 Å². The van der Waals surface area contributed by atoms with Gasteiger partial charge in [0.1, 0.15) is 11.6 Å². The average Bonchev–Trinajstić information content (AvgIpc) is 2.49. The largest absolute Gasteiger partial charge is 0.496 e. The Kier molecular flexibility index (Phi) is 4.26. The number of halogens is 1. The molecule has 0 aliphatic heterocycles. The third kappa shape index (κ3) is 2.89. The van der Waals surface area contributed by atoms with Gasteiger partial charge in [-0.25, -0.2) is 4.39 Å². The van der Waals surface area contributed by atoms with E-state index in [0.29, 0.717) is 16.9 Å². The molecule has 21 heavy (non-hydrogen) atoms. The van der Waals surface area contributed by atoms with Gasteiger partial charge in [-0.3, -0.25) is 4.79 Å². The number of hydrogen-bond acceptors (Lipinski definition) is 2. The summed E-state index contributed by atoms with van der Waals surface area (Å²) in [5.74, 6) is -0.936. The summed E-state index contributed by atoms with van der Waals surface area (Å²) in [6, 6.07) is 13.1. The summed E-state index contributed by atoms with van der Waals surface area (Å²) < 4.78 is 19.1. The average molecular weight is 288 g/mol. The van der Waals surface area contributed by atoms with Crippen molar-refractivity contribution < 1.29 is 19.0 Å². The molecule has 0 amide bonds. The number of para-hydroxylation sites is 1. The van der Waals surface area contributed by atoms with Gasteiger partial charge in [-0.05, 0) is 31.0 Å². The fraction of sp³-hybridized carbons (Fsp3) is 0.235. The molecule has 1 atom stereocenters. The number of aliphatic carboxylic acids is 1. The smallest absolute Gasteiger partial charge is 0.314 e. The summed E-state index contributed by atoms with van der Waals surface area (Å²) in [6.45, 7) is 1.58. The third-order valence-corrected chi connectivity index (χ3v) is 3.68. The number of benzene rings is 2. The first-order valence-corrected chi connectivity index (χ1v) is 6.59. The third-order valence-electron chi connectivity index (χ3n) is 3.68. The maximum Gasteiger partial charge on any atom is 0.314 e. The molecule has 0 radical (unpaired) electrons. The Hall–Kier alpha value is -2.36. The van der Waals surface area contributed by atoms with E-state index in [1.165, 1.54) is 13.2 Å². The van der Waals surface area contributed by atoms with Crippen LogP contribution in [-0.2, 0) is 16.6 Å². The van der Waals surface area contributed by atoms with Crippen molar-refractivity contribution in [1.82, 2.24) is 0 Å². The molecule has 0 aliphatic rings. The summed E-state index contributed by atoms with van der Waals surface area (Å²) in [5.41, 5.74) is -0.369. The molecule has 0 bridgehead atoms. The predicted molar refractivity (Wildman–Crippen MR) is 78.1 cm³/mol. The molecule has 0 saturated heterocycles. The molecule has 0 saturated carbocycles. The van der Waals surface area contributed by atoms with E-state index < -0.39 is 17.2 Å². The van der Waals surface area contributed by atoms with Gasteiger partial charge in [0.25, 0.3) is 0 Å². The van der Waals surface area contributed by atoms with Crippen molar-refractivity contribution in [1.29, 1.82) is 0 Å². The number of carboxylic acids is 1. The van der Waals surface area contributed by atoms with Crippen LogP contribution in [0.3, 0.4) is 0 Å². The van der Waals surface area contributed by atoms with Gasteiger partial charge in [-0.2, -0.15) is 0 Å². The Morgan fingerprint density at radius 3 is 2.43 bits per heavy atom. The van der Waals surface area contributed by atoms with Crippen LogP contribution < -0.4 is 4.74 Å². The van der Waals surface area contributed by atoms with E-state index in [1.54, 1.807) is 49.4 Å². The van der Waals surface area contributed by atoms with Crippen LogP contribution in [0.25, 0.3) is 0 Å². The first-order valence-electron chi connectivity index (χ1n) is 6.59. The van der Waals surface area contributed by atoms with E-state index in [1.807, 2.05) is 0 Å². The highest BCUT2D eigenvalue weighted by molar-refractivity contribution is 5.82. The van der Waals surface area contributed by atoms with Crippen LogP contribution >= 0.6 is 0 Å². The first kappa shape index (κ1) is 15.0. The van der Waals surface area contributed by atoms with E-state index in [9.17, 15) is 14.3 Å². The number of rotatable bonds is 5. The monoisotopic (exact) mass is 288 g/mol. The van der Waals surface area contributed by atoms with E-state index in [2.05, 4.69) is 0 Å². The van der Waals surface area contributed by atoms with Gasteiger partial charge in [-0.15, -0.1) is 0 Å². The van der Waals surface area contributed by atoms with Crippen molar-refractivity contribution in [3.63, 3.8) is 0 Å². The molecule has 1 N–H and O–H groups in total. The van der Waals surface area contributed by atoms with Crippen molar-refractivity contribution in [2.45, 2.75) is 18.8 Å². The molecular formula is C17H17FO3. The van der Waals surface area contributed by atoms with Crippen molar-refractivity contribution in [2.75, 3.05) is 7.11 Å². The second-order valence-electron chi connectivity index (χ2n) is 5.11. The van der Waals surface area contributed by atoms with Crippen LogP contribution in [-0.4, -0.2) is 18.2 Å². The summed E-state index contributed by atoms with van der Waals surface area (Å²) in [7, 11) is 1.49. The lowest BCUT2D eigenvalue weighted by Crippen LogP contribution is -2.35. The van der Waals surface area contributed by atoms with Crippen LogP contribution in [0.1, 0.15) is 18.1 Å². The molecule has 110 valence electrons. The molecular weight excluding hydrogens is 271 g/mol. The van der Waals surface area contributed by atoms with Gasteiger partial charge in [-0.1, -0.05) is 36.4 Å². The zero-order chi connectivity index (χ0) is 15.5. The highest BCUT2D eigenvalue weighted by Crippen LogP contribution is 2.35. The molecule has 3 nitrogen and oxygen atoms in total. The molecule has 2 rings (SSSR count). The Balaban J connectivity index is 2.51. The van der Waals surface area contributed by atoms with Gasteiger partial charge in [0.2, 0.25) is 0 Å². The van der Waals surface area contributed by atoms with E-state index in [4.69, 9.17) is 4.74 Å². The molecule has 2 aromatic rings. The van der Waals surface area contributed by atoms with E-state index in [0.717, 1.165) is 0 Å². The second kappa shape index (κ2) is 5.95. The van der Waals surface area contributed by atoms with Gasteiger partial charge >= 0.3 is 5.97 Å². The Morgan fingerprint density at radius 2 is 1.81 bits per heavy atom. The van der Waals surface area contributed by atoms with Gasteiger partial charge in [0, 0.05) is 5.56 Å². The van der Waals surface area contributed by atoms with Crippen LogP contribution in [0.5, 0.6) is 5.75 Å². The lowest BCUT2D eigenvalue weighted by atomic mass is 9.76. The van der Waals surface area contributed by atoms with Gasteiger partial charge in [0.05, 0.1) is 12.5 Å². The maximum absolute atomic E-state index is 13.9. The summed E-state index contributed by atoms with van der Waals surface area (Å²) in [6.07, 6.45) is 0.0510. The molecule has 1 unspecified atom stereocenters. The standard InChI is InChI=1S/C17H17FO3/c1-17(16(19)20,11-12-7-3-5-9-14(12)18)13-8-4-6-10-15(13)21-2/h3-10H,11H2,1-2H3,(H,19,20). The zero-order valence-corrected chi connectivity index (χ0v) is 12.0. The second-order valence-corrected chi connectivity index (χ2v) is 5.11. The zero-order valence-electron chi connectivity index (χ0n) is 12.0.